The van der Waals surface area contributed by atoms with E-state index in [1.165, 1.54) is 11.3 Å². The zero-order chi connectivity index (χ0) is 20.9. The van der Waals surface area contributed by atoms with Crippen LogP contribution in [0.25, 0.3) is 5.65 Å². The van der Waals surface area contributed by atoms with Gasteiger partial charge in [0.05, 0.1) is 0 Å². The van der Waals surface area contributed by atoms with Gasteiger partial charge in [-0.1, -0.05) is 19.9 Å². The molecule has 0 saturated carbocycles. The molecule has 4 rings (SSSR count). The Morgan fingerprint density at radius 3 is 2.67 bits per heavy atom. The van der Waals surface area contributed by atoms with Gasteiger partial charge >= 0.3 is 0 Å². The van der Waals surface area contributed by atoms with Crippen LogP contribution in [0.15, 0.2) is 43.1 Å². The van der Waals surface area contributed by atoms with E-state index in [9.17, 15) is 4.79 Å². The molecular weight excluding hydrogens is 376 g/mol. The number of carbonyl (C=O) groups is 1. The van der Waals surface area contributed by atoms with Crippen molar-refractivity contribution in [2.45, 2.75) is 58.0 Å². The number of carbonyl (C=O) groups excluding carboxylic acids is 1. The number of nitrogens with one attached hydrogen (secondary N) is 1. The predicted molar refractivity (Wildman–Crippen MR) is 116 cm³/mol. The topological polar surface area (TPSA) is 75.4 Å². The molecule has 3 aromatic heterocycles. The van der Waals surface area contributed by atoms with E-state index in [4.69, 9.17) is 0 Å². The SMILES string of the molecule is CCC(CC)NC(=O)c1ncn2c(C3CCN(Cc4cccnc4)CC3)ccnc12. The summed E-state index contributed by atoms with van der Waals surface area (Å²) in [6, 6.07) is 6.36. The van der Waals surface area contributed by atoms with Gasteiger partial charge in [0.25, 0.3) is 5.91 Å². The van der Waals surface area contributed by atoms with E-state index in [2.05, 4.69) is 51.1 Å². The first-order valence-electron chi connectivity index (χ1n) is 10.9. The molecule has 0 bridgehead atoms. The number of hydrogen-bond donors (Lipinski definition) is 1. The Bertz CT molecular complexity index is 974. The minimum Gasteiger partial charge on any atom is -0.348 e. The number of amides is 1. The second kappa shape index (κ2) is 9.34. The minimum absolute atomic E-state index is 0.137. The number of nitrogens with zero attached hydrogens (tertiary/aromatic N) is 5. The first-order chi connectivity index (χ1) is 14.7. The van der Waals surface area contributed by atoms with Gasteiger partial charge in [-0.3, -0.25) is 19.1 Å². The van der Waals surface area contributed by atoms with E-state index in [-0.39, 0.29) is 11.9 Å². The number of piperidine rings is 1. The van der Waals surface area contributed by atoms with Gasteiger partial charge in [-0.25, -0.2) is 9.97 Å². The van der Waals surface area contributed by atoms with Crippen LogP contribution in [0.3, 0.4) is 0 Å². The smallest absolute Gasteiger partial charge is 0.274 e. The lowest BCUT2D eigenvalue weighted by molar-refractivity contribution is 0.0932. The summed E-state index contributed by atoms with van der Waals surface area (Å²) in [4.78, 5) is 28.3. The number of likely N-dealkylation sites (tertiary alicyclic amines) is 1. The van der Waals surface area contributed by atoms with Gasteiger partial charge in [-0.15, -0.1) is 0 Å². The Hall–Kier alpha value is -2.80. The number of pyridine rings is 1. The molecule has 0 atom stereocenters. The van der Waals surface area contributed by atoms with E-state index in [1.54, 1.807) is 6.33 Å². The Morgan fingerprint density at radius 2 is 1.97 bits per heavy atom. The summed E-state index contributed by atoms with van der Waals surface area (Å²) < 4.78 is 2.00. The van der Waals surface area contributed by atoms with Crippen molar-refractivity contribution in [1.82, 2.24) is 29.6 Å². The molecule has 1 amide bonds. The largest absolute Gasteiger partial charge is 0.348 e. The van der Waals surface area contributed by atoms with Crippen molar-refractivity contribution in [2.75, 3.05) is 13.1 Å². The van der Waals surface area contributed by atoms with E-state index < -0.39 is 0 Å². The molecule has 7 nitrogen and oxygen atoms in total. The van der Waals surface area contributed by atoms with Gasteiger partial charge < -0.3 is 5.32 Å². The standard InChI is InChI=1S/C23H30N6O/c1-3-19(4-2)27-23(30)21-22-25-11-7-20(29(22)16-26-21)18-8-12-28(13-9-18)15-17-6-5-10-24-14-17/h5-7,10-11,14,16,18-19H,3-4,8-9,12-13,15H2,1-2H3,(H,27,30). The summed E-state index contributed by atoms with van der Waals surface area (Å²) >= 11 is 0. The lowest BCUT2D eigenvalue weighted by Crippen LogP contribution is -2.34. The number of imidazole rings is 1. The molecule has 0 spiro atoms. The van der Waals surface area contributed by atoms with Gasteiger partial charge in [0.1, 0.15) is 6.33 Å². The van der Waals surface area contributed by atoms with Crippen LogP contribution in [0.4, 0.5) is 0 Å². The molecule has 1 fully saturated rings. The molecule has 0 aliphatic carbocycles. The Kier molecular flexibility index (Phi) is 6.38. The second-order valence-electron chi connectivity index (χ2n) is 8.06. The summed E-state index contributed by atoms with van der Waals surface area (Å²) in [5.74, 6) is 0.298. The highest BCUT2D eigenvalue weighted by atomic mass is 16.2. The molecule has 1 aliphatic heterocycles. The third-order valence-electron chi connectivity index (χ3n) is 6.13. The van der Waals surface area contributed by atoms with Crippen LogP contribution in [-0.4, -0.2) is 49.3 Å². The zero-order valence-corrected chi connectivity index (χ0v) is 17.8. The van der Waals surface area contributed by atoms with Gasteiger partial charge in [-0.05, 0) is 56.5 Å². The normalized spacial score (nSPS) is 15.7. The number of fused-ring (bicyclic) bond motifs is 1. The van der Waals surface area contributed by atoms with Crippen LogP contribution in [0.2, 0.25) is 0 Å². The van der Waals surface area contributed by atoms with Gasteiger partial charge in [0.15, 0.2) is 11.3 Å². The van der Waals surface area contributed by atoms with Crippen molar-refractivity contribution in [3.63, 3.8) is 0 Å². The van der Waals surface area contributed by atoms with E-state index >= 15 is 0 Å². The number of hydrogen-bond acceptors (Lipinski definition) is 5. The summed E-state index contributed by atoms with van der Waals surface area (Å²) in [5.41, 5.74) is 3.51. The lowest BCUT2D eigenvalue weighted by Gasteiger charge is -2.32. The fraction of sp³-hybridized carbons (Fsp3) is 0.478. The molecule has 3 aromatic rings. The van der Waals surface area contributed by atoms with Crippen LogP contribution in [-0.2, 0) is 6.54 Å². The lowest BCUT2D eigenvalue weighted by atomic mass is 9.93. The number of aromatic nitrogens is 4. The third kappa shape index (κ3) is 4.36. The van der Waals surface area contributed by atoms with Crippen molar-refractivity contribution >= 4 is 11.6 Å². The molecule has 0 radical (unpaired) electrons. The summed E-state index contributed by atoms with van der Waals surface area (Å²) in [5, 5.41) is 3.07. The monoisotopic (exact) mass is 406 g/mol. The van der Waals surface area contributed by atoms with Crippen LogP contribution in [0, 0.1) is 0 Å². The maximum absolute atomic E-state index is 12.7. The summed E-state index contributed by atoms with van der Waals surface area (Å²) in [7, 11) is 0. The predicted octanol–water partition coefficient (Wildman–Crippen LogP) is 3.42. The van der Waals surface area contributed by atoms with Crippen molar-refractivity contribution < 1.29 is 4.79 Å². The zero-order valence-electron chi connectivity index (χ0n) is 17.8. The van der Waals surface area contributed by atoms with Crippen LogP contribution >= 0.6 is 0 Å². The molecule has 7 heteroatoms. The molecule has 158 valence electrons. The van der Waals surface area contributed by atoms with Crippen molar-refractivity contribution in [3.8, 4) is 0 Å². The highest BCUT2D eigenvalue weighted by molar-refractivity contribution is 5.98. The molecule has 0 unspecified atom stereocenters. The molecule has 1 N–H and O–H groups in total. The molecule has 1 saturated heterocycles. The second-order valence-corrected chi connectivity index (χ2v) is 8.06. The van der Waals surface area contributed by atoms with E-state index in [0.717, 1.165) is 45.3 Å². The maximum Gasteiger partial charge on any atom is 0.274 e. The molecule has 30 heavy (non-hydrogen) atoms. The van der Waals surface area contributed by atoms with Crippen LogP contribution < -0.4 is 5.32 Å². The number of rotatable bonds is 7. The molecular formula is C23H30N6O. The fourth-order valence-corrected chi connectivity index (χ4v) is 4.30. The fourth-order valence-electron chi connectivity index (χ4n) is 4.30. The highest BCUT2D eigenvalue weighted by Gasteiger charge is 2.24. The highest BCUT2D eigenvalue weighted by Crippen LogP contribution is 2.29. The third-order valence-corrected chi connectivity index (χ3v) is 6.13. The average molecular weight is 407 g/mol. The van der Waals surface area contributed by atoms with Crippen LogP contribution in [0.1, 0.15) is 67.2 Å². The first-order valence-corrected chi connectivity index (χ1v) is 10.9. The molecule has 1 aliphatic rings. The minimum atomic E-state index is -0.137. The molecule has 4 heterocycles. The van der Waals surface area contributed by atoms with Gasteiger partial charge in [-0.2, -0.15) is 0 Å². The van der Waals surface area contributed by atoms with Crippen molar-refractivity contribution in [3.05, 3.63) is 60.1 Å². The van der Waals surface area contributed by atoms with Gasteiger partial charge in [0.2, 0.25) is 0 Å². The van der Waals surface area contributed by atoms with Crippen molar-refractivity contribution in [2.24, 2.45) is 0 Å². The summed E-state index contributed by atoms with van der Waals surface area (Å²) in [6.07, 6.45) is 11.3. The summed E-state index contributed by atoms with van der Waals surface area (Å²) in [6.45, 7) is 7.19. The first kappa shape index (κ1) is 20.5. The Morgan fingerprint density at radius 1 is 1.17 bits per heavy atom. The quantitative estimate of drug-likeness (QED) is 0.651. The molecule has 0 aromatic carbocycles. The van der Waals surface area contributed by atoms with E-state index in [1.807, 2.05) is 29.1 Å². The van der Waals surface area contributed by atoms with Crippen molar-refractivity contribution in [1.29, 1.82) is 0 Å². The van der Waals surface area contributed by atoms with Crippen LogP contribution in [0.5, 0.6) is 0 Å². The maximum atomic E-state index is 12.7. The average Bonchev–Trinajstić information content (AvgIpc) is 3.23. The van der Waals surface area contributed by atoms with Gasteiger partial charge in [0, 0.05) is 42.8 Å². The van der Waals surface area contributed by atoms with E-state index in [0.29, 0.717) is 17.3 Å². The Balaban J connectivity index is 1.46. The Labute approximate surface area is 177 Å².